The van der Waals surface area contributed by atoms with Crippen LogP contribution in [0.4, 0.5) is 0 Å². The van der Waals surface area contributed by atoms with Crippen LogP contribution in [-0.2, 0) is 0 Å². The first-order valence-corrected chi connectivity index (χ1v) is 4.87. The monoisotopic (exact) mass is 182 g/mol. The molecule has 0 aliphatic carbocycles. The second kappa shape index (κ2) is 4.49. The molecule has 0 saturated carbocycles. The molecule has 74 valence electrons. The van der Waals surface area contributed by atoms with E-state index in [2.05, 4.69) is 28.8 Å². The van der Waals surface area contributed by atoms with Gasteiger partial charge in [-0.1, -0.05) is 19.0 Å². The standard InChI is InChI=1S/C9H18N4/c1-9(2)3-6-13(7-4-9)8-5-11-12-10/h3-8H2,1-2H3. The lowest BCUT2D eigenvalue weighted by atomic mass is 9.83. The van der Waals surface area contributed by atoms with Crippen molar-refractivity contribution < 1.29 is 0 Å². The molecule has 0 spiro atoms. The Bertz CT molecular complexity index is 196. The van der Waals surface area contributed by atoms with Crippen molar-refractivity contribution in [1.82, 2.24) is 4.90 Å². The molecule has 0 atom stereocenters. The summed E-state index contributed by atoms with van der Waals surface area (Å²) in [6.45, 7) is 8.45. The first-order chi connectivity index (χ1) is 6.14. The van der Waals surface area contributed by atoms with E-state index in [4.69, 9.17) is 5.53 Å². The molecular weight excluding hydrogens is 164 g/mol. The summed E-state index contributed by atoms with van der Waals surface area (Å²) in [5.74, 6) is 0. The fourth-order valence-corrected chi connectivity index (χ4v) is 1.61. The molecule has 1 aliphatic rings. The summed E-state index contributed by atoms with van der Waals surface area (Å²) in [5.41, 5.74) is 8.63. The van der Waals surface area contributed by atoms with E-state index in [1.54, 1.807) is 0 Å². The molecule has 4 nitrogen and oxygen atoms in total. The van der Waals surface area contributed by atoms with Crippen LogP contribution in [0.1, 0.15) is 26.7 Å². The van der Waals surface area contributed by atoms with Crippen molar-refractivity contribution in [1.29, 1.82) is 0 Å². The number of nitrogens with zero attached hydrogens (tertiary/aromatic N) is 4. The van der Waals surface area contributed by atoms with Gasteiger partial charge in [0.15, 0.2) is 0 Å². The predicted octanol–water partition coefficient (Wildman–Crippen LogP) is 2.42. The van der Waals surface area contributed by atoms with Gasteiger partial charge in [0.05, 0.1) is 0 Å². The van der Waals surface area contributed by atoms with Gasteiger partial charge in [0.25, 0.3) is 0 Å². The molecule has 0 aromatic rings. The number of rotatable bonds is 3. The van der Waals surface area contributed by atoms with Gasteiger partial charge in [-0.3, -0.25) is 0 Å². The van der Waals surface area contributed by atoms with Crippen LogP contribution in [-0.4, -0.2) is 31.1 Å². The summed E-state index contributed by atoms with van der Waals surface area (Å²) in [4.78, 5) is 5.12. The van der Waals surface area contributed by atoms with Crippen LogP contribution < -0.4 is 0 Å². The molecule has 0 N–H and O–H groups in total. The third kappa shape index (κ3) is 3.66. The summed E-state index contributed by atoms with van der Waals surface area (Å²) in [5, 5.41) is 3.54. The highest BCUT2D eigenvalue weighted by molar-refractivity contribution is 4.78. The van der Waals surface area contributed by atoms with E-state index in [0.717, 1.165) is 19.6 Å². The summed E-state index contributed by atoms with van der Waals surface area (Å²) >= 11 is 0. The minimum atomic E-state index is 0.509. The largest absolute Gasteiger partial charge is 0.303 e. The van der Waals surface area contributed by atoms with E-state index < -0.39 is 0 Å². The number of piperidine rings is 1. The quantitative estimate of drug-likeness (QED) is 0.375. The van der Waals surface area contributed by atoms with Crippen LogP contribution in [0.25, 0.3) is 10.4 Å². The van der Waals surface area contributed by atoms with Crippen LogP contribution in [0.2, 0.25) is 0 Å². The Morgan fingerprint density at radius 1 is 1.38 bits per heavy atom. The van der Waals surface area contributed by atoms with E-state index in [1.165, 1.54) is 12.8 Å². The Hall–Kier alpha value is -0.730. The fourth-order valence-electron chi connectivity index (χ4n) is 1.61. The molecule has 1 saturated heterocycles. The van der Waals surface area contributed by atoms with Gasteiger partial charge in [0.1, 0.15) is 0 Å². The first-order valence-electron chi connectivity index (χ1n) is 4.87. The lowest BCUT2D eigenvalue weighted by Crippen LogP contribution is -2.38. The summed E-state index contributed by atoms with van der Waals surface area (Å²) < 4.78 is 0. The SMILES string of the molecule is CC1(C)CCN(CCN=[N+]=[N-])CC1. The lowest BCUT2D eigenvalue weighted by molar-refractivity contribution is 0.136. The highest BCUT2D eigenvalue weighted by atomic mass is 15.2. The molecule has 0 unspecified atom stereocenters. The van der Waals surface area contributed by atoms with Crippen molar-refractivity contribution >= 4 is 0 Å². The smallest absolute Gasteiger partial charge is 0.0385 e. The molecule has 0 aromatic carbocycles. The number of likely N-dealkylation sites (tertiary alicyclic amines) is 1. The van der Waals surface area contributed by atoms with Gasteiger partial charge in [-0.15, -0.1) is 0 Å². The molecule has 1 rings (SSSR count). The maximum absolute atomic E-state index is 8.12. The first kappa shape index (κ1) is 10.4. The molecule has 1 aliphatic heterocycles. The minimum Gasteiger partial charge on any atom is -0.303 e. The van der Waals surface area contributed by atoms with Gasteiger partial charge in [-0.2, -0.15) is 0 Å². The van der Waals surface area contributed by atoms with Gasteiger partial charge in [-0.05, 0) is 36.9 Å². The maximum Gasteiger partial charge on any atom is 0.0385 e. The normalized spacial score (nSPS) is 22.3. The lowest BCUT2D eigenvalue weighted by Gasteiger charge is -2.36. The molecule has 1 fully saturated rings. The molecule has 4 heteroatoms. The van der Waals surface area contributed by atoms with Crippen LogP contribution in [0, 0.1) is 5.41 Å². The average Bonchev–Trinajstić information content (AvgIpc) is 2.08. The van der Waals surface area contributed by atoms with Gasteiger partial charge in [0, 0.05) is 18.0 Å². The van der Waals surface area contributed by atoms with Crippen LogP contribution in [0.5, 0.6) is 0 Å². The highest BCUT2D eigenvalue weighted by Crippen LogP contribution is 2.29. The topological polar surface area (TPSA) is 52.0 Å². The Morgan fingerprint density at radius 3 is 2.54 bits per heavy atom. The van der Waals surface area contributed by atoms with Crippen LogP contribution in [0.15, 0.2) is 5.11 Å². The Labute approximate surface area is 79.5 Å². The molecule has 0 radical (unpaired) electrons. The van der Waals surface area contributed by atoms with Gasteiger partial charge in [0.2, 0.25) is 0 Å². The average molecular weight is 182 g/mol. The van der Waals surface area contributed by atoms with Crippen molar-refractivity contribution in [2.75, 3.05) is 26.2 Å². The summed E-state index contributed by atoms with van der Waals surface area (Å²) in [6, 6.07) is 0. The van der Waals surface area contributed by atoms with Crippen molar-refractivity contribution in [3.05, 3.63) is 10.4 Å². The minimum absolute atomic E-state index is 0.509. The van der Waals surface area contributed by atoms with Crippen LogP contribution in [0.3, 0.4) is 0 Å². The zero-order valence-corrected chi connectivity index (χ0v) is 8.53. The number of hydrogen-bond acceptors (Lipinski definition) is 2. The highest BCUT2D eigenvalue weighted by Gasteiger charge is 2.24. The van der Waals surface area contributed by atoms with Crippen molar-refractivity contribution in [2.24, 2.45) is 10.5 Å². The number of azide groups is 1. The zero-order chi connectivity index (χ0) is 9.73. The Kier molecular flexibility index (Phi) is 3.58. The third-order valence-corrected chi connectivity index (χ3v) is 2.79. The van der Waals surface area contributed by atoms with Crippen molar-refractivity contribution in [2.45, 2.75) is 26.7 Å². The van der Waals surface area contributed by atoms with E-state index in [-0.39, 0.29) is 0 Å². The van der Waals surface area contributed by atoms with E-state index in [1.807, 2.05) is 0 Å². The predicted molar refractivity (Wildman–Crippen MR) is 53.5 cm³/mol. The second-order valence-corrected chi connectivity index (χ2v) is 4.46. The molecule has 0 bridgehead atoms. The van der Waals surface area contributed by atoms with Gasteiger partial charge < -0.3 is 4.90 Å². The second-order valence-electron chi connectivity index (χ2n) is 4.46. The molecule has 0 amide bonds. The Morgan fingerprint density at radius 2 is 2.00 bits per heavy atom. The van der Waals surface area contributed by atoms with Crippen molar-refractivity contribution in [3.8, 4) is 0 Å². The zero-order valence-electron chi connectivity index (χ0n) is 8.53. The number of hydrogen-bond donors (Lipinski definition) is 0. The van der Waals surface area contributed by atoms with E-state index in [0.29, 0.717) is 12.0 Å². The molecule has 13 heavy (non-hydrogen) atoms. The molecule has 1 heterocycles. The summed E-state index contributed by atoms with van der Waals surface area (Å²) in [6.07, 6.45) is 2.51. The summed E-state index contributed by atoms with van der Waals surface area (Å²) in [7, 11) is 0. The third-order valence-electron chi connectivity index (χ3n) is 2.79. The van der Waals surface area contributed by atoms with E-state index >= 15 is 0 Å². The fraction of sp³-hybridized carbons (Fsp3) is 1.00. The van der Waals surface area contributed by atoms with Crippen LogP contribution >= 0.6 is 0 Å². The maximum atomic E-state index is 8.12. The van der Waals surface area contributed by atoms with E-state index in [9.17, 15) is 0 Å². The van der Waals surface area contributed by atoms with Crippen molar-refractivity contribution in [3.63, 3.8) is 0 Å². The van der Waals surface area contributed by atoms with Gasteiger partial charge in [-0.25, -0.2) is 0 Å². The molecular formula is C9H18N4. The van der Waals surface area contributed by atoms with Gasteiger partial charge >= 0.3 is 0 Å². The molecule has 0 aromatic heterocycles. The Balaban J connectivity index is 2.21.